The zero-order valence-corrected chi connectivity index (χ0v) is 10.4. The molecule has 0 aliphatic carbocycles. The van der Waals surface area contributed by atoms with Crippen LogP contribution in [0, 0.1) is 0 Å². The Balaban J connectivity index is 3.44. The number of alkyl halides is 3. The van der Waals surface area contributed by atoms with E-state index in [2.05, 4.69) is 0 Å². The lowest BCUT2D eigenvalue weighted by atomic mass is 10.1. The highest BCUT2D eigenvalue weighted by molar-refractivity contribution is 8.13. The van der Waals surface area contributed by atoms with Gasteiger partial charge in [0, 0.05) is 17.6 Å². The molecule has 0 heterocycles. The van der Waals surface area contributed by atoms with Crippen LogP contribution in [0.25, 0.3) is 0 Å². The van der Waals surface area contributed by atoms with Gasteiger partial charge in [0.05, 0.1) is 16.1 Å². The molecule has 0 unspecified atom stereocenters. The summed E-state index contributed by atoms with van der Waals surface area (Å²) in [5, 5.41) is 1.96. The number of halogens is 4. The van der Waals surface area contributed by atoms with Crippen molar-refractivity contribution in [2.24, 2.45) is 0 Å². The first kappa shape index (κ1) is 14.8. The zero-order chi connectivity index (χ0) is 14.1. The Hall–Kier alpha value is -1.28. The summed E-state index contributed by atoms with van der Waals surface area (Å²) in [6.07, 6.45) is -4.81. The Morgan fingerprint density at radius 2 is 1.89 bits per heavy atom. The van der Waals surface area contributed by atoms with E-state index < -0.39 is 37.3 Å². The molecule has 0 spiro atoms. The molecule has 0 aliphatic heterocycles. The third kappa shape index (κ3) is 3.61. The number of carbonyl (C=O) groups excluding carboxylic acids is 1. The van der Waals surface area contributed by atoms with Crippen molar-refractivity contribution in [3.8, 4) is 0 Å². The molecule has 1 aromatic carbocycles. The number of hydrogen-bond donors (Lipinski definition) is 1. The molecule has 100 valence electrons. The third-order valence-electron chi connectivity index (χ3n) is 1.89. The van der Waals surface area contributed by atoms with Gasteiger partial charge in [0.2, 0.25) is 5.91 Å². The molecule has 0 bridgehead atoms. The summed E-state index contributed by atoms with van der Waals surface area (Å²) in [7, 11) is 0.685. The van der Waals surface area contributed by atoms with Crippen molar-refractivity contribution in [1.29, 1.82) is 0 Å². The Morgan fingerprint density at radius 3 is 2.28 bits per heavy atom. The first-order valence-electron chi connectivity index (χ1n) is 4.45. The topological polar surface area (TPSA) is 63.2 Å². The summed E-state index contributed by atoms with van der Waals surface area (Å²) in [5.74, 6) is -0.706. The van der Waals surface area contributed by atoms with Crippen LogP contribution >= 0.6 is 10.7 Å². The molecule has 1 amide bonds. The number of amides is 1. The van der Waals surface area contributed by atoms with Gasteiger partial charge in [-0.1, -0.05) is 0 Å². The SMILES string of the molecule is CC(=O)Nc1ccc(S(=O)(=O)Cl)cc1C(F)(F)F. The molecule has 0 saturated heterocycles. The highest BCUT2D eigenvalue weighted by atomic mass is 35.7. The van der Waals surface area contributed by atoms with Crippen molar-refractivity contribution in [1.82, 2.24) is 0 Å². The molecule has 0 aromatic heterocycles. The van der Waals surface area contributed by atoms with Crippen molar-refractivity contribution in [3.05, 3.63) is 23.8 Å². The normalized spacial score (nSPS) is 12.3. The van der Waals surface area contributed by atoms with E-state index in [9.17, 15) is 26.4 Å². The molecule has 4 nitrogen and oxygen atoms in total. The molecule has 18 heavy (non-hydrogen) atoms. The fourth-order valence-corrected chi connectivity index (χ4v) is 1.99. The van der Waals surface area contributed by atoms with E-state index >= 15 is 0 Å². The predicted molar refractivity (Wildman–Crippen MR) is 58.8 cm³/mol. The maximum Gasteiger partial charge on any atom is 0.418 e. The van der Waals surface area contributed by atoms with Gasteiger partial charge in [0.25, 0.3) is 9.05 Å². The molecular formula is C9H7ClF3NO3S. The minimum Gasteiger partial charge on any atom is -0.326 e. The zero-order valence-electron chi connectivity index (χ0n) is 8.88. The number of anilines is 1. The summed E-state index contributed by atoms with van der Waals surface area (Å²) in [6, 6.07) is 2.08. The number of benzene rings is 1. The van der Waals surface area contributed by atoms with Crippen LogP contribution in [-0.2, 0) is 20.0 Å². The third-order valence-corrected chi connectivity index (χ3v) is 3.24. The van der Waals surface area contributed by atoms with Gasteiger partial charge in [0.15, 0.2) is 0 Å². The maximum atomic E-state index is 12.7. The van der Waals surface area contributed by atoms with E-state index in [1.807, 2.05) is 5.32 Å². The van der Waals surface area contributed by atoms with Crippen LogP contribution in [-0.4, -0.2) is 14.3 Å². The molecule has 0 radical (unpaired) electrons. The van der Waals surface area contributed by atoms with Crippen molar-refractivity contribution in [3.63, 3.8) is 0 Å². The van der Waals surface area contributed by atoms with Crippen LogP contribution < -0.4 is 5.32 Å². The van der Waals surface area contributed by atoms with E-state index in [0.717, 1.165) is 19.1 Å². The minimum atomic E-state index is -4.81. The minimum absolute atomic E-state index is 0.369. The van der Waals surface area contributed by atoms with Crippen LogP contribution in [0.5, 0.6) is 0 Å². The van der Waals surface area contributed by atoms with Gasteiger partial charge in [-0.05, 0) is 18.2 Å². The van der Waals surface area contributed by atoms with E-state index in [4.69, 9.17) is 10.7 Å². The van der Waals surface area contributed by atoms with Crippen molar-refractivity contribution in [2.75, 3.05) is 5.32 Å². The van der Waals surface area contributed by atoms with Crippen molar-refractivity contribution < 1.29 is 26.4 Å². The molecule has 0 fully saturated rings. The van der Waals surface area contributed by atoms with Gasteiger partial charge in [-0.25, -0.2) is 8.42 Å². The summed E-state index contributed by atoms with van der Waals surface area (Å²) < 4.78 is 59.9. The highest BCUT2D eigenvalue weighted by Crippen LogP contribution is 2.36. The first-order chi connectivity index (χ1) is 8.01. The molecule has 9 heteroatoms. The van der Waals surface area contributed by atoms with E-state index in [1.54, 1.807) is 0 Å². The molecule has 0 atom stereocenters. The second-order valence-corrected chi connectivity index (χ2v) is 5.89. The van der Waals surface area contributed by atoms with Gasteiger partial charge in [-0.15, -0.1) is 0 Å². The summed E-state index contributed by atoms with van der Waals surface area (Å²) in [5.41, 5.74) is -1.81. The summed E-state index contributed by atoms with van der Waals surface area (Å²) in [6.45, 7) is 1.03. The lowest BCUT2D eigenvalue weighted by Crippen LogP contribution is -2.14. The van der Waals surface area contributed by atoms with Crippen LogP contribution in [0.3, 0.4) is 0 Å². The fourth-order valence-electron chi connectivity index (χ4n) is 1.21. The number of nitrogens with one attached hydrogen (secondary N) is 1. The fraction of sp³-hybridized carbons (Fsp3) is 0.222. The van der Waals surface area contributed by atoms with Gasteiger partial charge < -0.3 is 5.32 Å². The van der Waals surface area contributed by atoms with Gasteiger partial charge in [-0.2, -0.15) is 13.2 Å². The van der Waals surface area contributed by atoms with E-state index in [1.165, 1.54) is 0 Å². The van der Waals surface area contributed by atoms with Crippen molar-refractivity contribution in [2.45, 2.75) is 18.0 Å². The average Bonchev–Trinajstić information content (AvgIpc) is 2.13. The molecular weight excluding hydrogens is 295 g/mol. The molecule has 1 N–H and O–H groups in total. The first-order valence-corrected chi connectivity index (χ1v) is 6.76. The Morgan fingerprint density at radius 1 is 1.33 bits per heavy atom. The van der Waals surface area contributed by atoms with Crippen molar-refractivity contribution >= 4 is 31.3 Å². The van der Waals surface area contributed by atoms with Gasteiger partial charge in [-0.3, -0.25) is 4.79 Å². The molecule has 0 aliphatic rings. The van der Waals surface area contributed by atoms with Crippen LogP contribution in [0.15, 0.2) is 23.1 Å². The second-order valence-electron chi connectivity index (χ2n) is 3.32. The predicted octanol–water partition coefficient (Wildman–Crippen LogP) is 2.59. The van der Waals surface area contributed by atoms with Crippen LogP contribution in [0.2, 0.25) is 0 Å². The molecule has 1 aromatic rings. The monoisotopic (exact) mass is 301 g/mol. The standard InChI is InChI=1S/C9H7ClF3NO3S/c1-5(15)14-8-3-2-6(18(10,16)17)4-7(8)9(11,12)13/h2-4H,1H3,(H,14,15). The Bertz CT molecular complexity index is 583. The highest BCUT2D eigenvalue weighted by Gasteiger charge is 2.35. The Kier molecular flexibility index (Phi) is 3.92. The average molecular weight is 302 g/mol. The maximum absolute atomic E-state index is 12.7. The van der Waals surface area contributed by atoms with Crippen LogP contribution in [0.4, 0.5) is 18.9 Å². The van der Waals surface area contributed by atoms with Gasteiger partial charge in [0.1, 0.15) is 0 Å². The van der Waals surface area contributed by atoms with Gasteiger partial charge >= 0.3 is 6.18 Å². The molecule has 1 rings (SSSR count). The quantitative estimate of drug-likeness (QED) is 0.854. The lowest BCUT2D eigenvalue weighted by Gasteiger charge is -2.13. The number of hydrogen-bond acceptors (Lipinski definition) is 3. The molecule has 0 saturated carbocycles. The summed E-state index contributed by atoms with van der Waals surface area (Å²) >= 11 is 0. The number of rotatable bonds is 2. The van der Waals surface area contributed by atoms with E-state index in [0.29, 0.717) is 6.07 Å². The number of carbonyl (C=O) groups is 1. The van der Waals surface area contributed by atoms with Crippen LogP contribution in [0.1, 0.15) is 12.5 Å². The second kappa shape index (κ2) is 4.77. The smallest absolute Gasteiger partial charge is 0.326 e. The lowest BCUT2D eigenvalue weighted by molar-refractivity contribution is -0.137. The van der Waals surface area contributed by atoms with E-state index in [-0.39, 0.29) is 0 Å². The largest absolute Gasteiger partial charge is 0.418 e. The summed E-state index contributed by atoms with van der Waals surface area (Å²) in [4.78, 5) is 10.1. The Labute approximate surface area is 105 Å².